The van der Waals surface area contributed by atoms with Gasteiger partial charge in [-0.3, -0.25) is 0 Å². The summed E-state index contributed by atoms with van der Waals surface area (Å²) in [5.41, 5.74) is 1.03. The second-order valence-corrected chi connectivity index (χ2v) is 5.54. The molecule has 1 aromatic rings. The zero-order valence-electron chi connectivity index (χ0n) is 8.39. The molecule has 1 heterocycles. The summed E-state index contributed by atoms with van der Waals surface area (Å²) in [6, 6.07) is 9.65. The van der Waals surface area contributed by atoms with Crippen LogP contribution in [-0.2, 0) is 16.6 Å². The Morgan fingerprint density at radius 2 is 2.00 bits per heavy atom. The van der Waals surface area contributed by atoms with Gasteiger partial charge in [0.05, 0.1) is 0 Å². The van der Waals surface area contributed by atoms with Crippen LogP contribution in [0.3, 0.4) is 0 Å². The van der Waals surface area contributed by atoms with Gasteiger partial charge in [0.25, 0.3) is 0 Å². The number of rotatable bonds is 2. The maximum atomic E-state index is 11.6. The van der Waals surface area contributed by atoms with Gasteiger partial charge in [-0.25, -0.2) is 8.42 Å². The molecule has 0 bridgehead atoms. The first-order chi connectivity index (χ1) is 7.18. The molecule has 1 saturated heterocycles. The highest BCUT2D eigenvalue weighted by molar-refractivity contribution is 7.89. The van der Waals surface area contributed by atoms with Gasteiger partial charge in [-0.1, -0.05) is 30.3 Å². The summed E-state index contributed by atoms with van der Waals surface area (Å²) < 4.78 is 24.8. The molecule has 0 radical (unpaired) electrons. The molecule has 1 aromatic carbocycles. The number of hydrogen-bond donors (Lipinski definition) is 1. The minimum absolute atomic E-state index is 0.0554. The molecule has 0 spiro atoms. The van der Waals surface area contributed by atoms with Crippen molar-refractivity contribution in [3.63, 3.8) is 0 Å². The number of nitrogens with zero attached hydrogens (tertiary/aromatic N) is 1. The Morgan fingerprint density at radius 3 is 2.67 bits per heavy atom. The first-order valence-electron chi connectivity index (χ1n) is 4.91. The van der Waals surface area contributed by atoms with E-state index < -0.39 is 10.0 Å². The molecule has 0 unspecified atom stereocenters. The number of hydrogen-bond acceptors (Lipinski definition) is 3. The van der Waals surface area contributed by atoms with Crippen molar-refractivity contribution in [2.75, 3.05) is 19.0 Å². The highest BCUT2D eigenvalue weighted by Gasteiger charge is 2.24. The molecule has 4 nitrogen and oxygen atoms in total. The summed E-state index contributed by atoms with van der Waals surface area (Å²) in [5.74, 6) is 0.0554. The lowest BCUT2D eigenvalue weighted by atomic mass is 10.2. The van der Waals surface area contributed by atoms with Gasteiger partial charge >= 0.3 is 0 Å². The molecule has 0 saturated carbocycles. The van der Waals surface area contributed by atoms with E-state index in [1.165, 1.54) is 4.31 Å². The number of benzene rings is 1. The Morgan fingerprint density at radius 1 is 1.27 bits per heavy atom. The van der Waals surface area contributed by atoms with Crippen LogP contribution in [0.5, 0.6) is 0 Å². The van der Waals surface area contributed by atoms with Crippen LogP contribution in [-0.4, -0.2) is 31.7 Å². The van der Waals surface area contributed by atoms with Crippen LogP contribution in [0.2, 0.25) is 0 Å². The van der Waals surface area contributed by atoms with E-state index in [2.05, 4.69) is 5.32 Å². The Balaban J connectivity index is 2.12. The fourth-order valence-corrected chi connectivity index (χ4v) is 2.90. The van der Waals surface area contributed by atoms with Gasteiger partial charge in [-0.05, 0) is 5.56 Å². The first kappa shape index (κ1) is 10.6. The molecule has 5 heteroatoms. The standard InChI is InChI=1S/C10H14N2O2S/c13-15(14)9-11-6-7-12(15)8-10-4-2-1-3-5-10/h1-5,11H,6-9H2. The van der Waals surface area contributed by atoms with Crippen molar-refractivity contribution in [2.24, 2.45) is 0 Å². The van der Waals surface area contributed by atoms with Gasteiger partial charge in [0, 0.05) is 19.6 Å². The minimum Gasteiger partial charge on any atom is -0.301 e. The molecule has 1 aliphatic heterocycles. The van der Waals surface area contributed by atoms with E-state index in [0.29, 0.717) is 13.1 Å². The SMILES string of the molecule is O=S1(=O)CNCCN1Cc1ccccc1. The van der Waals surface area contributed by atoms with Crippen molar-refractivity contribution in [1.29, 1.82) is 0 Å². The maximum Gasteiger partial charge on any atom is 0.227 e. The molecule has 82 valence electrons. The fraction of sp³-hybridized carbons (Fsp3) is 0.400. The van der Waals surface area contributed by atoms with Crippen molar-refractivity contribution in [3.8, 4) is 0 Å². The quantitative estimate of drug-likeness (QED) is 0.793. The molecule has 1 fully saturated rings. The molecule has 1 N–H and O–H groups in total. The Labute approximate surface area is 90.0 Å². The third-order valence-corrected chi connectivity index (χ3v) is 4.08. The zero-order valence-corrected chi connectivity index (χ0v) is 9.20. The zero-order chi connectivity index (χ0) is 10.7. The third-order valence-electron chi connectivity index (χ3n) is 2.42. The monoisotopic (exact) mass is 226 g/mol. The molecule has 0 aliphatic carbocycles. The van der Waals surface area contributed by atoms with Crippen LogP contribution in [0.25, 0.3) is 0 Å². The fourth-order valence-electron chi connectivity index (χ4n) is 1.60. The lowest BCUT2D eigenvalue weighted by Gasteiger charge is -2.26. The number of sulfonamides is 1. The van der Waals surface area contributed by atoms with Crippen LogP contribution >= 0.6 is 0 Å². The lowest BCUT2D eigenvalue weighted by Crippen LogP contribution is -2.47. The maximum absolute atomic E-state index is 11.6. The highest BCUT2D eigenvalue weighted by atomic mass is 32.2. The smallest absolute Gasteiger partial charge is 0.227 e. The summed E-state index contributed by atoms with van der Waals surface area (Å²) >= 11 is 0. The Hall–Kier alpha value is -0.910. The van der Waals surface area contributed by atoms with Crippen LogP contribution in [0.1, 0.15) is 5.56 Å². The van der Waals surface area contributed by atoms with Crippen molar-refractivity contribution >= 4 is 10.0 Å². The molecular formula is C10H14N2O2S. The van der Waals surface area contributed by atoms with Gasteiger partial charge in [0.15, 0.2) is 0 Å². The van der Waals surface area contributed by atoms with E-state index in [1.807, 2.05) is 30.3 Å². The third kappa shape index (κ3) is 2.56. The lowest BCUT2D eigenvalue weighted by molar-refractivity contribution is 0.380. The van der Waals surface area contributed by atoms with Crippen molar-refractivity contribution in [3.05, 3.63) is 35.9 Å². The van der Waals surface area contributed by atoms with Gasteiger partial charge in [0.2, 0.25) is 10.0 Å². The van der Waals surface area contributed by atoms with E-state index in [-0.39, 0.29) is 5.88 Å². The summed E-state index contributed by atoms with van der Waals surface area (Å²) in [6.45, 7) is 1.76. The predicted molar refractivity (Wildman–Crippen MR) is 58.6 cm³/mol. The van der Waals surface area contributed by atoms with Gasteiger partial charge in [-0.15, -0.1) is 0 Å². The average molecular weight is 226 g/mol. The Bertz CT molecular complexity index is 416. The molecular weight excluding hydrogens is 212 g/mol. The topological polar surface area (TPSA) is 49.4 Å². The normalized spacial score (nSPS) is 21.3. The second kappa shape index (κ2) is 4.30. The second-order valence-electron chi connectivity index (χ2n) is 3.58. The van der Waals surface area contributed by atoms with Crippen LogP contribution in [0.15, 0.2) is 30.3 Å². The summed E-state index contributed by atoms with van der Waals surface area (Å²) in [6.07, 6.45) is 0. The van der Waals surface area contributed by atoms with Gasteiger partial charge in [0.1, 0.15) is 5.88 Å². The van der Waals surface area contributed by atoms with Gasteiger partial charge < -0.3 is 5.32 Å². The average Bonchev–Trinajstić information content (AvgIpc) is 2.23. The van der Waals surface area contributed by atoms with Crippen LogP contribution < -0.4 is 5.32 Å². The summed E-state index contributed by atoms with van der Waals surface area (Å²) in [7, 11) is -3.10. The molecule has 0 amide bonds. The highest BCUT2D eigenvalue weighted by Crippen LogP contribution is 2.10. The molecule has 15 heavy (non-hydrogen) atoms. The van der Waals surface area contributed by atoms with E-state index in [9.17, 15) is 8.42 Å². The Kier molecular flexibility index (Phi) is 3.04. The van der Waals surface area contributed by atoms with Crippen molar-refractivity contribution in [2.45, 2.75) is 6.54 Å². The van der Waals surface area contributed by atoms with E-state index in [1.54, 1.807) is 0 Å². The molecule has 1 aliphatic rings. The summed E-state index contributed by atoms with van der Waals surface area (Å²) in [5, 5.41) is 2.86. The van der Waals surface area contributed by atoms with Crippen LogP contribution in [0, 0.1) is 0 Å². The van der Waals surface area contributed by atoms with Crippen molar-refractivity contribution in [1.82, 2.24) is 9.62 Å². The van der Waals surface area contributed by atoms with E-state index in [4.69, 9.17) is 0 Å². The molecule has 0 aromatic heterocycles. The van der Waals surface area contributed by atoms with Crippen molar-refractivity contribution < 1.29 is 8.42 Å². The minimum atomic E-state index is -3.10. The summed E-state index contributed by atoms with van der Waals surface area (Å²) in [4.78, 5) is 0. The number of nitrogens with one attached hydrogen (secondary N) is 1. The van der Waals surface area contributed by atoms with Gasteiger partial charge in [-0.2, -0.15) is 4.31 Å². The first-order valence-corrected chi connectivity index (χ1v) is 6.52. The van der Waals surface area contributed by atoms with E-state index >= 15 is 0 Å². The van der Waals surface area contributed by atoms with E-state index in [0.717, 1.165) is 12.1 Å². The molecule has 0 atom stereocenters. The molecule has 2 rings (SSSR count). The largest absolute Gasteiger partial charge is 0.301 e. The van der Waals surface area contributed by atoms with Crippen LogP contribution in [0.4, 0.5) is 0 Å². The predicted octanol–water partition coefficient (Wildman–Crippen LogP) is 0.379.